The second-order valence-corrected chi connectivity index (χ2v) is 5.10. The summed E-state index contributed by atoms with van der Waals surface area (Å²) in [7, 11) is 0. The van der Waals surface area contributed by atoms with Gasteiger partial charge in [-0.2, -0.15) is 0 Å². The Morgan fingerprint density at radius 3 is 2.59 bits per heavy atom. The largest absolute Gasteiger partial charge is 0.508 e. The third-order valence-electron chi connectivity index (χ3n) is 3.85. The standard InChI is InChI=1S/C15H23NO/c1-11-10-15(17)14(8-4-5-9-16)13-7-3-2-6-12(11)13/h10,17H,2-9,16H2,1H3. The van der Waals surface area contributed by atoms with Gasteiger partial charge in [-0.25, -0.2) is 0 Å². The molecule has 2 rings (SSSR count). The minimum absolute atomic E-state index is 0.500. The van der Waals surface area contributed by atoms with Crippen molar-refractivity contribution in [3.63, 3.8) is 0 Å². The third-order valence-corrected chi connectivity index (χ3v) is 3.85. The summed E-state index contributed by atoms with van der Waals surface area (Å²) in [5.41, 5.74) is 10.9. The second-order valence-electron chi connectivity index (χ2n) is 5.10. The number of rotatable bonds is 4. The van der Waals surface area contributed by atoms with Gasteiger partial charge in [0.25, 0.3) is 0 Å². The van der Waals surface area contributed by atoms with Gasteiger partial charge in [0.1, 0.15) is 5.75 Å². The van der Waals surface area contributed by atoms with Crippen LogP contribution in [0.3, 0.4) is 0 Å². The topological polar surface area (TPSA) is 46.2 Å². The summed E-state index contributed by atoms with van der Waals surface area (Å²) in [5.74, 6) is 0.500. The highest BCUT2D eigenvalue weighted by Gasteiger charge is 2.18. The molecule has 0 spiro atoms. The van der Waals surface area contributed by atoms with Crippen LogP contribution in [0.15, 0.2) is 6.07 Å². The molecule has 2 nitrogen and oxygen atoms in total. The van der Waals surface area contributed by atoms with Crippen LogP contribution >= 0.6 is 0 Å². The van der Waals surface area contributed by atoms with Gasteiger partial charge in [-0.15, -0.1) is 0 Å². The summed E-state index contributed by atoms with van der Waals surface area (Å²) in [6.45, 7) is 2.86. The van der Waals surface area contributed by atoms with Gasteiger partial charge in [-0.3, -0.25) is 0 Å². The molecule has 0 fully saturated rings. The number of hydrogen-bond donors (Lipinski definition) is 2. The molecule has 0 amide bonds. The van der Waals surface area contributed by atoms with E-state index in [0.717, 1.165) is 32.2 Å². The fourth-order valence-electron chi connectivity index (χ4n) is 2.93. The Bertz CT molecular complexity index is 398. The highest BCUT2D eigenvalue weighted by atomic mass is 16.3. The van der Waals surface area contributed by atoms with Crippen LogP contribution < -0.4 is 5.73 Å². The van der Waals surface area contributed by atoms with Crippen molar-refractivity contribution in [2.75, 3.05) is 6.54 Å². The van der Waals surface area contributed by atoms with Gasteiger partial charge in [0.05, 0.1) is 0 Å². The molecule has 0 heterocycles. The Kier molecular flexibility index (Phi) is 4.06. The fourth-order valence-corrected chi connectivity index (χ4v) is 2.93. The maximum atomic E-state index is 10.1. The fraction of sp³-hybridized carbons (Fsp3) is 0.600. The van der Waals surface area contributed by atoms with Crippen molar-refractivity contribution >= 4 is 0 Å². The predicted octanol–water partition coefficient (Wildman–Crippen LogP) is 2.86. The van der Waals surface area contributed by atoms with E-state index in [1.807, 2.05) is 6.07 Å². The lowest BCUT2D eigenvalue weighted by Crippen LogP contribution is -2.09. The smallest absolute Gasteiger partial charge is 0.119 e. The van der Waals surface area contributed by atoms with Gasteiger partial charge < -0.3 is 10.8 Å². The third kappa shape index (κ3) is 2.63. The minimum atomic E-state index is 0.500. The zero-order valence-electron chi connectivity index (χ0n) is 10.8. The number of fused-ring (bicyclic) bond motifs is 1. The summed E-state index contributed by atoms with van der Waals surface area (Å²) in [6, 6.07) is 1.95. The first-order chi connectivity index (χ1) is 8.24. The van der Waals surface area contributed by atoms with Crippen molar-refractivity contribution in [1.82, 2.24) is 0 Å². The maximum absolute atomic E-state index is 10.1. The summed E-state index contributed by atoms with van der Waals surface area (Å²) in [5, 5.41) is 10.1. The molecule has 0 unspecified atom stereocenters. The molecule has 0 aliphatic heterocycles. The molecule has 3 N–H and O–H groups in total. The van der Waals surface area contributed by atoms with Crippen LogP contribution in [0.1, 0.15) is 47.9 Å². The summed E-state index contributed by atoms with van der Waals surface area (Å²) < 4.78 is 0. The van der Waals surface area contributed by atoms with E-state index >= 15 is 0 Å². The number of aryl methyl sites for hydroxylation is 1. The van der Waals surface area contributed by atoms with Crippen molar-refractivity contribution in [3.05, 3.63) is 28.3 Å². The summed E-state index contributed by atoms with van der Waals surface area (Å²) in [4.78, 5) is 0. The molecule has 1 aromatic carbocycles. The average molecular weight is 233 g/mol. The number of benzene rings is 1. The zero-order valence-corrected chi connectivity index (χ0v) is 10.8. The molecule has 0 saturated carbocycles. The summed E-state index contributed by atoms with van der Waals surface area (Å²) in [6.07, 6.45) is 7.99. The van der Waals surface area contributed by atoms with Crippen LogP contribution in [0.5, 0.6) is 5.75 Å². The quantitative estimate of drug-likeness (QED) is 0.785. The lowest BCUT2D eigenvalue weighted by atomic mass is 9.83. The van der Waals surface area contributed by atoms with Gasteiger partial charge in [0.2, 0.25) is 0 Å². The van der Waals surface area contributed by atoms with Crippen molar-refractivity contribution in [2.24, 2.45) is 5.73 Å². The lowest BCUT2D eigenvalue weighted by Gasteiger charge is -2.22. The van der Waals surface area contributed by atoms with Crippen LogP contribution in [-0.4, -0.2) is 11.7 Å². The van der Waals surface area contributed by atoms with E-state index in [1.165, 1.54) is 41.5 Å². The zero-order chi connectivity index (χ0) is 12.3. The van der Waals surface area contributed by atoms with Gasteiger partial charge in [0.15, 0.2) is 0 Å². The minimum Gasteiger partial charge on any atom is -0.508 e. The monoisotopic (exact) mass is 233 g/mol. The van der Waals surface area contributed by atoms with Crippen LogP contribution in [0.25, 0.3) is 0 Å². The molecule has 0 atom stereocenters. The SMILES string of the molecule is Cc1cc(O)c(CCCCN)c2c1CCCC2. The van der Waals surface area contributed by atoms with Gasteiger partial charge in [0, 0.05) is 0 Å². The summed E-state index contributed by atoms with van der Waals surface area (Å²) >= 11 is 0. The molecule has 0 saturated heterocycles. The Morgan fingerprint density at radius 1 is 1.18 bits per heavy atom. The molecule has 94 valence electrons. The van der Waals surface area contributed by atoms with Crippen LogP contribution in [0.4, 0.5) is 0 Å². The van der Waals surface area contributed by atoms with Crippen LogP contribution in [-0.2, 0) is 19.3 Å². The van der Waals surface area contributed by atoms with Crippen molar-refractivity contribution in [2.45, 2.75) is 51.9 Å². The van der Waals surface area contributed by atoms with Crippen molar-refractivity contribution < 1.29 is 5.11 Å². The number of phenolic OH excluding ortho intramolecular Hbond substituents is 1. The van der Waals surface area contributed by atoms with E-state index in [-0.39, 0.29) is 0 Å². The first-order valence-electron chi connectivity index (χ1n) is 6.77. The molecular weight excluding hydrogens is 210 g/mol. The Labute approximate surface area is 104 Å². The molecular formula is C15H23NO. The molecule has 1 aliphatic rings. The normalized spacial score (nSPS) is 14.7. The number of aromatic hydroxyl groups is 1. The first kappa shape index (κ1) is 12.4. The van der Waals surface area contributed by atoms with Gasteiger partial charge in [-0.1, -0.05) is 0 Å². The van der Waals surface area contributed by atoms with E-state index in [2.05, 4.69) is 6.92 Å². The molecule has 1 aliphatic carbocycles. The van der Waals surface area contributed by atoms with E-state index in [4.69, 9.17) is 5.73 Å². The second kappa shape index (κ2) is 5.54. The van der Waals surface area contributed by atoms with E-state index in [0.29, 0.717) is 5.75 Å². The van der Waals surface area contributed by atoms with E-state index in [1.54, 1.807) is 0 Å². The average Bonchev–Trinajstić information content (AvgIpc) is 2.33. The molecule has 2 heteroatoms. The number of nitrogens with two attached hydrogens (primary N) is 1. The Balaban J connectivity index is 2.29. The highest BCUT2D eigenvalue weighted by molar-refractivity contribution is 5.49. The maximum Gasteiger partial charge on any atom is 0.119 e. The lowest BCUT2D eigenvalue weighted by molar-refractivity contribution is 0.463. The number of hydrogen-bond acceptors (Lipinski definition) is 2. The Morgan fingerprint density at radius 2 is 1.88 bits per heavy atom. The highest BCUT2D eigenvalue weighted by Crippen LogP contribution is 2.34. The molecule has 0 bridgehead atoms. The number of unbranched alkanes of at least 4 members (excludes halogenated alkanes) is 1. The Hall–Kier alpha value is -1.02. The first-order valence-corrected chi connectivity index (χ1v) is 6.77. The molecule has 0 aromatic heterocycles. The van der Waals surface area contributed by atoms with E-state index in [9.17, 15) is 5.11 Å². The van der Waals surface area contributed by atoms with Crippen LogP contribution in [0, 0.1) is 6.92 Å². The van der Waals surface area contributed by atoms with E-state index < -0.39 is 0 Å². The van der Waals surface area contributed by atoms with Crippen molar-refractivity contribution in [3.8, 4) is 5.75 Å². The van der Waals surface area contributed by atoms with Crippen LogP contribution in [0.2, 0.25) is 0 Å². The predicted molar refractivity (Wildman–Crippen MR) is 71.5 cm³/mol. The number of phenols is 1. The van der Waals surface area contributed by atoms with Crippen molar-refractivity contribution in [1.29, 1.82) is 0 Å². The van der Waals surface area contributed by atoms with Gasteiger partial charge >= 0.3 is 0 Å². The molecule has 17 heavy (non-hydrogen) atoms. The molecule has 1 aromatic rings. The van der Waals surface area contributed by atoms with Gasteiger partial charge in [-0.05, 0) is 86.7 Å². The molecule has 0 radical (unpaired) electrons.